The van der Waals surface area contributed by atoms with Gasteiger partial charge in [-0.25, -0.2) is 0 Å². The average Bonchev–Trinajstić information content (AvgIpc) is 2.38. The Kier molecular flexibility index (Phi) is 4.47. The molecule has 0 aromatic heterocycles. The van der Waals surface area contributed by atoms with Crippen molar-refractivity contribution in [1.29, 1.82) is 0 Å². The molecule has 16 heavy (non-hydrogen) atoms. The second-order valence-corrected chi connectivity index (χ2v) is 4.90. The van der Waals surface area contributed by atoms with Crippen molar-refractivity contribution < 1.29 is 0 Å². The summed E-state index contributed by atoms with van der Waals surface area (Å²) in [6.07, 6.45) is 8.50. The first-order chi connectivity index (χ1) is 7.90. The van der Waals surface area contributed by atoms with Gasteiger partial charge in [0, 0.05) is 5.88 Å². The van der Waals surface area contributed by atoms with E-state index in [9.17, 15) is 0 Å². The van der Waals surface area contributed by atoms with Gasteiger partial charge in [-0.1, -0.05) is 42.0 Å². The molecule has 0 unspecified atom stereocenters. The van der Waals surface area contributed by atoms with Crippen LogP contribution in [0.1, 0.15) is 43.6 Å². The molecule has 0 aliphatic heterocycles. The van der Waals surface area contributed by atoms with Crippen LogP contribution in [0, 0.1) is 0 Å². The first-order valence-corrected chi connectivity index (χ1v) is 6.72. The zero-order valence-corrected chi connectivity index (χ0v) is 10.4. The van der Waals surface area contributed by atoms with Crippen molar-refractivity contribution >= 4 is 11.6 Å². The van der Waals surface area contributed by atoms with Crippen molar-refractivity contribution in [3.05, 3.63) is 47.5 Å². The molecule has 1 aromatic carbocycles. The Morgan fingerprint density at radius 2 is 1.81 bits per heavy atom. The number of halogens is 1. The Bertz CT molecular complexity index is 330. The maximum atomic E-state index is 5.70. The van der Waals surface area contributed by atoms with Gasteiger partial charge in [0.1, 0.15) is 0 Å². The minimum atomic E-state index is 0.756. The quantitative estimate of drug-likeness (QED) is 0.516. The smallest absolute Gasteiger partial charge is 0.0258 e. The molecule has 0 spiro atoms. The fourth-order valence-electron chi connectivity index (χ4n) is 2.51. The van der Waals surface area contributed by atoms with Gasteiger partial charge in [0.05, 0.1) is 0 Å². The van der Waals surface area contributed by atoms with Gasteiger partial charge < -0.3 is 0 Å². The van der Waals surface area contributed by atoms with Crippen molar-refractivity contribution in [2.45, 2.75) is 38.0 Å². The largest absolute Gasteiger partial charge is 0.126 e. The topological polar surface area (TPSA) is 0 Å². The highest BCUT2D eigenvalue weighted by Gasteiger charge is 2.17. The Hall–Kier alpha value is -0.750. The summed E-state index contributed by atoms with van der Waals surface area (Å²) in [5.74, 6) is 1.53. The molecule has 0 radical (unpaired) electrons. The maximum Gasteiger partial charge on any atom is 0.0258 e. The van der Waals surface area contributed by atoms with Crippen molar-refractivity contribution in [3.63, 3.8) is 0 Å². The van der Waals surface area contributed by atoms with Gasteiger partial charge in [-0.3, -0.25) is 0 Å². The van der Waals surface area contributed by atoms with Crippen LogP contribution in [0.25, 0.3) is 0 Å². The van der Waals surface area contributed by atoms with Crippen LogP contribution in [0.5, 0.6) is 0 Å². The first-order valence-electron chi connectivity index (χ1n) is 6.19. The SMILES string of the molecule is ClCCC=C1CCC(c2ccccc2)CC1. The molecular formula is C15H19Cl. The number of alkyl halides is 1. The van der Waals surface area contributed by atoms with E-state index in [4.69, 9.17) is 11.6 Å². The minimum Gasteiger partial charge on any atom is -0.126 e. The number of hydrogen-bond donors (Lipinski definition) is 0. The third kappa shape index (κ3) is 3.12. The summed E-state index contributed by atoms with van der Waals surface area (Å²) in [4.78, 5) is 0. The summed E-state index contributed by atoms with van der Waals surface area (Å²) < 4.78 is 0. The lowest BCUT2D eigenvalue weighted by Crippen LogP contribution is -2.06. The van der Waals surface area contributed by atoms with Crippen LogP contribution >= 0.6 is 11.6 Å². The highest BCUT2D eigenvalue weighted by molar-refractivity contribution is 6.17. The zero-order chi connectivity index (χ0) is 11.2. The van der Waals surface area contributed by atoms with Crippen molar-refractivity contribution in [2.75, 3.05) is 5.88 Å². The second kappa shape index (κ2) is 6.10. The summed E-state index contributed by atoms with van der Waals surface area (Å²) in [6, 6.07) is 10.9. The molecule has 0 bridgehead atoms. The third-order valence-corrected chi connectivity index (χ3v) is 3.66. The number of hydrogen-bond acceptors (Lipinski definition) is 0. The summed E-state index contributed by atoms with van der Waals surface area (Å²) in [5.41, 5.74) is 3.13. The molecule has 1 heteroatoms. The molecule has 0 heterocycles. The van der Waals surface area contributed by atoms with Crippen LogP contribution in [0.3, 0.4) is 0 Å². The normalized spacial score (nSPS) is 20.8. The maximum absolute atomic E-state index is 5.70. The predicted octanol–water partition coefficient (Wildman–Crippen LogP) is 4.90. The third-order valence-electron chi connectivity index (χ3n) is 3.44. The monoisotopic (exact) mass is 234 g/mol. The molecule has 1 aliphatic carbocycles. The number of allylic oxidation sites excluding steroid dienone is 2. The molecule has 1 aromatic rings. The molecule has 1 saturated carbocycles. The van der Waals surface area contributed by atoms with E-state index in [2.05, 4.69) is 36.4 Å². The highest BCUT2D eigenvalue weighted by atomic mass is 35.5. The van der Waals surface area contributed by atoms with E-state index in [0.29, 0.717) is 0 Å². The van der Waals surface area contributed by atoms with Gasteiger partial charge in [0.15, 0.2) is 0 Å². The van der Waals surface area contributed by atoms with E-state index < -0.39 is 0 Å². The molecule has 1 aliphatic rings. The Morgan fingerprint density at radius 3 is 2.44 bits per heavy atom. The van der Waals surface area contributed by atoms with E-state index in [1.54, 1.807) is 5.57 Å². The molecule has 0 saturated heterocycles. The lowest BCUT2D eigenvalue weighted by molar-refractivity contribution is 0.515. The van der Waals surface area contributed by atoms with Crippen molar-refractivity contribution in [3.8, 4) is 0 Å². The standard InChI is InChI=1S/C15H19Cl/c16-12-4-5-13-8-10-15(11-9-13)14-6-2-1-3-7-14/h1-3,5-7,15H,4,8-12H2. The fraction of sp³-hybridized carbons (Fsp3) is 0.467. The van der Waals surface area contributed by atoms with E-state index >= 15 is 0 Å². The van der Waals surface area contributed by atoms with Crippen molar-refractivity contribution in [2.24, 2.45) is 0 Å². The minimum absolute atomic E-state index is 0.756. The lowest BCUT2D eigenvalue weighted by atomic mass is 9.81. The van der Waals surface area contributed by atoms with Crippen LogP contribution in [0.2, 0.25) is 0 Å². The molecule has 0 nitrogen and oxygen atoms in total. The van der Waals surface area contributed by atoms with Gasteiger partial charge in [0.25, 0.3) is 0 Å². The second-order valence-electron chi connectivity index (χ2n) is 4.52. The summed E-state index contributed by atoms with van der Waals surface area (Å²) in [5, 5.41) is 0. The van der Waals surface area contributed by atoms with Gasteiger partial charge in [-0.15, -0.1) is 11.6 Å². The van der Waals surface area contributed by atoms with Crippen LogP contribution in [0.4, 0.5) is 0 Å². The van der Waals surface area contributed by atoms with Gasteiger partial charge in [0.2, 0.25) is 0 Å². The Morgan fingerprint density at radius 1 is 1.12 bits per heavy atom. The molecule has 0 amide bonds. The van der Waals surface area contributed by atoms with Gasteiger partial charge >= 0.3 is 0 Å². The van der Waals surface area contributed by atoms with Gasteiger partial charge in [-0.2, -0.15) is 0 Å². The van der Waals surface area contributed by atoms with E-state index in [0.717, 1.165) is 18.2 Å². The molecule has 0 N–H and O–H groups in total. The number of rotatable bonds is 3. The van der Waals surface area contributed by atoms with Gasteiger partial charge in [-0.05, 0) is 43.6 Å². The average molecular weight is 235 g/mol. The van der Waals surface area contributed by atoms with E-state index in [-0.39, 0.29) is 0 Å². The Balaban J connectivity index is 1.90. The predicted molar refractivity (Wildman–Crippen MR) is 71.1 cm³/mol. The zero-order valence-electron chi connectivity index (χ0n) is 9.66. The van der Waals surface area contributed by atoms with Crippen LogP contribution < -0.4 is 0 Å². The fourth-order valence-corrected chi connectivity index (χ4v) is 2.62. The summed E-state index contributed by atoms with van der Waals surface area (Å²) >= 11 is 5.70. The summed E-state index contributed by atoms with van der Waals surface area (Å²) in [6.45, 7) is 0. The van der Waals surface area contributed by atoms with Crippen molar-refractivity contribution in [1.82, 2.24) is 0 Å². The molecular weight excluding hydrogens is 216 g/mol. The van der Waals surface area contributed by atoms with E-state index in [1.807, 2.05) is 0 Å². The van der Waals surface area contributed by atoms with Crippen LogP contribution in [-0.2, 0) is 0 Å². The molecule has 2 rings (SSSR count). The molecule has 1 fully saturated rings. The molecule has 0 atom stereocenters. The van der Waals surface area contributed by atoms with Crippen LogP contribution in [-0.4, -0.2) is 5.88 Å². The number of benzene rings is 1. The van der Waals surface area contributed by atoms with E-state index in [1.165, 1.54) is 31.2 Å². The summed E-state index contributed by atoms with van der Waals surface area (Å²) in [7, 11) is 0. The Labute approximate surface area is 103 Å². The first kappa shape index (κ1) is 11.7. The highest BCUT2D eigenvalue weighted by Crippen LogP contribution is 2.35. The molecule has 86 valence electrons. The lowest BCUT2D eigenvalue weighted by Gasteiger charge is -2.24. The van der Waals surface area contributed by atoms with Crippen LogP contribution in [0.15, 0.2) is 42.0 Å².